The van der Waals surface area contributed by atoms with Crippen molar-refractivity contribution < 1.29 is 0 Å². The molecule has 0 spiro atoms. The van der Waals surface area contributed by atoms with Crippen LogP contribution in [0, 0.1) is 0 Å². The number of halogens is 1. The molecular weight excluding hydrogens is 312 g/mol. The Morgan fingerprint density at radius 1 is 1.48 bits per heavy atom. The Morgan fingerprint density at radius 3 is 2.71 bits per heavy atom. The molecule has 0 radical (unpaired) electrons. The highest BCUT2D eigenvalue weighted by atomic mass is 35.5. The van der Waals surface area contributed by atoms with Crippen molar-refractivity contribution >= 4 is 34.5 Å². The third kappa shape index (κ3) is 3.24. The highest BCUT2D eigenvalue weighted by Crippen LogP contribution is 2.25. The number of H-pyrrole nitrogens is 1. The van der Waals surface area contributed by atoms with Crippen LogP contribution in [0.25, 0.3) is 11.2 Å². The average Bonchev–Trinajstić information content (AvgIpc) is 2.72. The monoisotopic (exact) mass is 328 g/mol. The van der Waals surface area contributed by atoms with Gasteiger partial charge in [0.05, 0.1) is 0 Å². The molecule has 8 heteroatoms. The molecule has 2 aromatic rings. The summed E-state index contributed by atoms with van der Waals surface area (Å²) >= 11 is 7.42. The zero-order valence-electron chi connectivity index (χ0n) is 12.3. The number of rotatable bonds is 4. The predicted octanol–water partition coefficient (Wildman–Crippen LogP) is 2.07. The molecule has 0 fully saturated rings. The van der Waals surface area contributed by atoms with Crippen molar-refractivity contribution in [3.63, 3.8) is 0 Å². The van der Waals surface area contributed by atoms with Crippen molar-refractivity contribution in [3.8, 4) is 0 Å². The minimum Gasteiger partial charge on any atom is -0.309 e. The summed E-state index contributed by atoms with van der Waals surface area (Å²) in [5.41, 5.74) is -0.138. The summed E-state index contributed by atoms with van der Waals surface area (Å²) in [6.07, 6.45) is 1.80. The quantitative estimate of drug-likeness (QED) is 0.872. The van der Waals surface area contributed by atoms with Crippen molar-refractivity contribution in [2.45, 2.75) is 37.7 Å². The topological polar surface area (TPSA) is 72.7 Å². The van der Waals surface area contributed by atoms with Crippen molar-refractivity contribution in [2.24, 2.45) is 7.05 Å². The van der Waals surface area contributed by atoms with Crippen LogP contribution < -0.4 is 11.2 Å². The van der Waals surface area contributed by atoms with E-state index in [1.807, 2.05) is 13.8 Å². The molecule has 0 saturated carbocycles. The molecule has 2 heterocycles. The molecule has 0 amide bonds. The van der Waals surface area contributed by atoms with Gasteiger partial charge in [0.15, 0.2) is 16.3 Å². The van der Waals surface area contributed by atoms with Crippen LogP contribution >= 0.6 is 23.4 Å². The molecule has 0 aliphatic heterocycles. The molecular formula is C13H17ClN4O2S. The molecule has 0 aromatic carbocycles. The van der Waals surface area contributed by atoms with Gasteiger partial charge >= 0.3 is 5.69 Å². The number of aryl methyl sites for hydroxylation is 1. The fourth-order valence-corrected chi connectivity index (χ4v) is 2.82. The Hall–Kier alpha value is -1.47. The van der Waals surface area contributed by atoms with Gasteiger partial charge in [-0.25, -0.2) is 9.78 Å². The van der Waals surface area contributed by atoms with Gasteiger partial charge in [0.25, 0.3) is 5.56 Å². The largest absolute Gasteiger partial charge is 0.329 e. The molecule has 0 bridgehead atoms. The summed E-state index contributed by atoms with van der Waals surface area (Å²) in [5.74, 6) is 0. The molecule has 114 valence electrons. The highest BCUT2D eigenvalue weighted by molar-refractivity contribution is 7.99. The molecule has 1 N–H and O–H groups in total. The fourth-order valence-electron chi connectivity index (χ4n) is 1.90. The van der Waals surface area contributed by atoms with Gasteiger partial charge in [-0.15, -0.1) is 0 Å². The van der Waals surface area contributed by atoms with Crippen LogP contribution in [0.1, 0.15) is 20.8 Å². The number of nitrogens with one attached hydrogen (secondary N) is 1. The number of aromatic amines is 1. The Bertz CT molecular complexity index is 812. The van der Waals surface area contributed by atoms with Crippen molar-refractivity contribution in [1.29, 1.82) is 0 Å². The van der Waals surface area contributed by atoms with Crippen molar-refractivity contribution in [3.05, 3.63) is 31.9 Å². The van der Waals surface area contributed by atoms with E-state index in [0.29, 0.717) is 33.1 Å². The van der Waals surface area contributed by atoms with Gasteiger partial charge in [0, 0.05) is 23.9 Å². The van der Waals surface area contributed by atoms with Gasteiger partial charge in [0.2, 0.25) is 0 Å². The fraction of sp³-hybridized carbons (Fsp3) is 0.462. The van der Waals surface area contributed by atoms with Gasteiger partial charge in [-0.05, 0) is 6.92 Å². The van der Waals surface area contributed by atoms with Gasteiger partial charge < -0.3 is 4.57 Å². The number of thioether (sulfide) groups is 1. The summed E-state index contributed by atoms with van der Waals surface area (Å²) < 4.78 is 3.12. The number of hydrogen-bond acceptors (Lipinski definition) is 4. The van der Waals surface area contributed by atoms with Crippen molar-refractivity contribution in [2.75, 3.05) is 0 Å². The lowest BCUT2D eigenvalue weighted by Crippen LogP contribution is -2.29. The second-order valence-corrected chi connectivity index (χ2v) is 7.09. The minimum atomic E-state index is -0.470. The van der Waals surface area contributed by atoms with E-state index < -0.39 is 11.2 Å². The molecule has 0 unspecified atom stereocenters. The zero-order valence-corrected chi connectivity index (χ0v) is 13.9. The Kier molecular flexibility index (Phi) is 4.63. The predicted molar refractivity (Wildman–Crippen MR) is 86.2 cm³/mol. The first-order valence-corrected chi connectivity index (χ1v) is 7.75. The maximum Gasteiger partial charge on any atom is 0.329 e. The maximum atomic E-state index is 12.1. The van der Waals surface area contributed by atoms with Crippen LogP contribution in [0.3, 0.4) is 0 Å². The summed E-state index contributed by atoms with van der Waals surface area (Å²) in [7, 11) is 1.59. The van der Waals surface area contributed by atoms with E-state index in [1.165, 1.54) is 16.3 Å². The Labute approximate surface area is 130 Å². The second-order valence-electron chi connectivity index (χ2n) is 4.95. The van der Waals surface area contributed by atoms with Crippen LogP contribution in [0.4, 0.5) is 0 Å². The SMILES string of the molecule is C/C(Cl)=C\Cn1c(SC(C)C)nc2c1c(=O)[nH]c(=O)n2C. The molecule has 2 rings (SSSR count). The van der Waals surface area contributed by atoms with Gasteiger partial charge in [-0.1, -0.05) is 43.3 Å². The number of allylic oxidation sites excluding steroid dienone is 2. The zero-order chi connectivity index (χ0) is 15.7. The normalized spacial score (nSPS) is 12.6. The first-order valence-electron chi connectivity index (χ1n) is 6.49. The molecule has 2 aromatic heterocycles. The summed E-state index contributed by atoms with van der Waals surface area (Å²) in [6.45, 7) is 6.29. The Balaban J connectivity index is 2.76. The number of imidazole rings is 1. The standard InChI is InChI=1S/C13H17ClN4O2S/c1-7(2)21-13-15-10-9(18(13)6-5-8(3)14)11(19)16-12(20)17(10)4/h5,7H,6H2,1-4H3,(H,16,19,20)/b8-5+. The van der Waals surface area contributed by atoms with E-state index in [4.69, 9.17) is 11.6 Å². The maximum absolute atomic E-state index is 12.1. The summed E-state index contributed by atoms with van der Waals surface area (Å²) in [6, 6.07) is 0. The van der Waals surface area contributed by atoms with E-state index in [1.54, 1.807) is 24.6 Å². The smallest absolute Gasteiger partial charge is 0.309 e. The minimum absolute atomic E-state index is 0.303. The lowest BCUT2D eigenvalue weighted by molar-refractivity contribution is 0.740. The van der Waals surface area contributed by atoms with Crippen LogP contribution in [0.5, 0.6) is 0 Å². The lowest BCUT2D eigenvalue weighted by atomic mass is 10.4. The number of hydrogen-bond donors (Lipinski definition) is 1. The Morgan fingerprint density at radius 2 is 2.14 bits per heavy atom. The third-order valence-electron chi connectivity index (χ3n) is 2.87. The van der Waals surface area contributed by atoms with Crippen LogP contribution in [-0.2, 0) is 13.6 Å². The first-order chi connectivity index (χ1) is 9.81. The molecule has 0 atom stereocenters. The average molecular weight is 329 g/mol. The van der Waals surface area contributed by atoms with Gasteiger partial charge in [-0.3, -0.25) is 14.3 Å². The molecule has 6 nitrogen and oxygen atoms in total. The first kappa shape index (κ1) is 15.9. The summed E-state index contributed by atoms with van der Waals surface area (Å²) in [4.78, 5) is 30.6. The lowest BCUT2D eigenvalue weighted by Gasteiger charge is -2.07. The van der Waals surface area contributed by atoms with E-state index in [0.717, 1.165) is 0 Å². The number of fused-ring (bicyclic) bond motifs is 1. The third-order valence-corrected chi connectivity index (χ3v) is 4.02. The molecule has 0 saturated heterocycles. The highest BCUT2D eigenvalue weighted by Gasteiger charge is 2.17. The van der Waals surface area contributed by atoms with E-state index in [-0.39, 0.29) is 0 Å². The van der Waals surface area contributed by atoms with Crippen LogP contribution in [0.2, 0.25) is 0 Å². The van der Waals surface area contributed by atoms with E-state index in [9.17, 15) is 9.59 Å². The number of aromatic nitrogens is 4. The summed E-state index contributed by atoms with van der Waals surface area (Å²) in [5, 5.41) is 1.64. The van der Waals surface area contributed by atoms with Crippen LogP contribution in [-0.4, -0.2) is 24.4 Å². The van der Waals surface area contributed by atoms with Gasteiger partial charge in [0.1, 0.15) is 0 Å². The number of nitrogens with zero attached hydrogens (tertiary/aromatic N) is 3. The van der Waals surface area contributed by atoms with Crippen molar-refractivity contribution in [1.82, 2.24) is 19.1 Å². The molecule has 0 aliphatic rings. The van der Waals surface area contributed by atoms with E-state index >= 15 is 0 Å². The molecule has 21 heavy (non-hydrogen) atoms. The van der Waals surface area contributed by atoms with E-state index in [2.05, 4.69) is 9.97 Å². The van der Waals surface area contributed by atoms with Crippen LogP contribution in [0.15, 0.2) is 25.9 Å². The van der Waals surface area contributed by atoms with Gasteiger partial charge in [-0.2, -0.15) is 0 Å². The second kappa shape index (κ2) is 6.11. The molecule has 0 aliphatic carbocycles.